The van der Waals surface area contributed by atoms with E-state index in [1.807, 2.05) is 21.1 Å². The second-order valence-corrected chi connectivity index (χ2v) is 24.4. The first-order chi connectivity index (χ1) is 42.6. The molecule has 9 heteroatoms. The summed E-state index contributed by atoms with van der Waals surface area (Å²) in [7, 11) is 5.93. The number of unbranched alkanes of at least 4 members (excludes halogenated alkanes) is 27. The molecule has 87 heavy (non-hydrogen) atoms. The summed E-state index contributed by atoms with van der Waals surface area (Å²) < 4.78 is 22.8. The molecule has 0 rings (SSSR count). The van der Waals surface area contributed by atoms with Crippen molar-refractivity contribution in [2.75, 3.05) is 47.5 Å². The lowest BCUT2D eigenvalue weighted by Crippen LogP contribution is -2.44. The molecule has 0 aromatic heterocycles. The van der Waals surface area contributed by atoms with Crippen molar-refractivity contribution in [1.29, 1.82) is 0 Å². The average Bonchev–Trinajstić information content (AvgIpc) is 3.55. The zero-order valence-corrected chi connectivity index (χ0v) is 56.6. The lowest BCUT2D eigenvalue weighted by molar-refractivity contribution is -0.870. The molecular weight excluding hydrogens is 1080 g/mol. The summed E-state index contributed by atoms with van der Waals surface area (Å²) in [5.41, 5.74) is 0. The Bertz CT molecular complexity index is 1890. The van der Waals surface area contributed by atoms with Crippen LogP contribution in [0.2, 0.25) is 0 Å². The maximum atomic E-state index is 12.9. The van der Waals surface area contributed by atoms with Gasteiger partial charge in [-0.2, -0.15) is 0 Å². The molecule has 0 saturated carbocycles. The van der Waals surface area contributed by atoms with Crippen molar-refractivity contribution in [2.45, 2.75) is 296 Å². The number of aliphatic carboxylic acids is 1. The van der Waals surface area contributed by atoms with Gasteiger partial charge >= 0.3 is 11.9 Å². The fourth-order valence-corrected chi connectivity index (χ4v) is 9.57. The number of rotatable bonds is 64. The minimum Gasteiger partial charge on any atom is -0.545 e. The van der Waals surface area contributed by atoms with E-state index in [4.69, 9.17) is 18.9 Å². The number of ether oxygens (including phenoxy) is 4. The molecule has 0 fully saturated rings. The van der Waals surface area contributed by atoms with E-state index in [-0.39, 0.29) is 38.6 Å². The highest BCUT2D eigenvalue weighted by Gasteiger charge is 2.22. The highest BCUT2D eigenvalue weighted by atomic mass is 16.7. The number of carbonyl (C=O) groups excluding carboxylic acids is 3. The molecule has 0 radical (unpaired) electrons. The predicted octanol–water partition coefficient (Wildman–Crippen LogP) is 20.8. The zero-order chi connectivity index (χ0) is 63.3. The Labute approximate surface area is 535 Å². The van der Waals surface area contributed by atoms with Crippen molar-refractivity contribution in [1.82, 2.24) is 0 Å². The van der Waals surface area contributed by atoms with Gasteiger partial charge in [-0.05, 0) is 109 Å². The van der Waals surface area contributed by atoms with Crippen molar-refractivity contribution in [2.24, 2.45) is 0 Å². The van der Waals surface area contributed by atoms with E-state index in [1.165, 1.54) is 128 Å². The summed E-state index contributed by atoms with van der Waals surface area (Å²) in [5.74, 6) is -2.29. The van der Waals surface area contributed by atoms with Gasteiger partial charge in [0.2, 0.25) is 0 Å². The topological polar surface area (TPSA) is 111 Å². The van der Waals surface area contributed by atoms with Gasteiger partial charge in [0, 0.05) is 12.8 Å². The van der Waals surface area contributed by atoms with Gasteiger partial charge in [-0.15, -0.1) is 0 Å². The number of carboxylic acids is 1. The van der Waals surface area contributed by atoms with E-state index in [0.717, 1.165) is 122 Å². The number of carbonyl (C=O) groups is 3. The fraction of sp³-hybridized carbons (Fsp3) is 0.679. The molecule has 0 aliphatic rings. The fourth-order valence-electron chi connectivity index (χ4n) is 9.57. The van der Waals surface area contributed by atoms with E-state index in [9.17, 15) is 19.5 Å². The van der Waals surface area contributed by atoms with Gasteiger partial charge in [0.15, 0.2) is 12.4 Å². The second-order valence-electron chi connectivity index (χ2n) is 24.4. The molecule has 496 valence electrons. The number of esters is 2. The Morgan fingerprint density at radius 1 is 0.345 bits per heavy atom. The van der Waals surface area contributed by atoms with Crippen LogP contribution >= 0.6 is 0 Å². The molecule has 0 heterocycles. The van der Waals surface area contributed by atoms with Gasteiger partial charge in [0.05, 0.1) is 40.3 Å². The number of nitrogens with zero attached hydrogens (tertiary/aromatic N) is 1. The Kier molecular flexibility index (Phi) is 63.8. The maximum absolute atomic E-state index is 12.9. The normalized spacial score (nSPS) is 13.5. The summed E-state index contributed by atoms with van der Waals surface area (Å²) in [6.07, 6.45) is 93.9. The molecule has 0 aromatic carbocycles. The molecule has 0 bridgehead atoms. The standard InChI is InChI=1S/C78H131NO8/c1-6-8-10-12-14-16-18-20-22-24-26-28-30-31-32-33-34-35-36-37-38-39-40-41-42-43-44-45-47-49-51-53-55-57-59-61-63-65-67-69-76(81)87-74(73-86-78(77(82)83)84-71-70-79(3,4)5)72-85-75(80)68-66-64-62-60-58-56-54-52-50-48-46-29-27-25-23-21-19-17-15-13-11-9-7-2/h8-11,14-17,20-23,26-29,31-32,34-35,37-38,74,78H,6-7,12-13,18-19,24-25,30,33,36,39-73H2,1-5H3/b10-8-,11-9-,16-14-,17-15-,22-20-,23-21-,28-26-,29-27-,32-31-,35-34-,38-37-. The van der Waals surface area contributed by atoms with Gasteiger partial charge < -0.3 is 33.3 Å². The van der Waals surface area contributed by atoms with Crippen LogP contribution < -0.4 is 5.11 Å². The lowest BCUT2D eigenvalue weighted by Gasteiger charge is -2.26. The van der Waals surface area contributed by atoms with Gasteiger partial charge in [-0.3, -0.25) is 9.59 Å². The van der Waals surface area contributed by atoms with Gasteiger partial charge in [0.1, 0.15) is 13.2 Å². The summed E-state index contributed by atoms with van der Waals surface area (Å²) in [6, 6.07) is 0. The Morgan fingerprint density at radius 2 is 0.621 bits per heavy atom. The van der Waals surface area contributed by atoms with E-state index in [2.05, 4.69) is 148 Å². The first-order valence-corrected chi connectivity index (χ1v) is 35.3. The number of carboxylic acid groups (broad SMARTS) is 1. The first-order valence-electron chi connectivity index (χ1n) is 35.3. The van der Waals surface area contributed by atoms with Crippen molar-refractivity contribution >= 4 is 17.9 Å². The molecule has 2 atom stereocenters. The van der Waals surface area contributed by atoms with E-state index >= 15 is 0 Å². The second kappa shape index (κ2) is 67.4. The summed E-state index contributed by atoms with van der Waals surface area (Å²) in [6.45, 7) is 4.53. The minimum atomic E-state index is -1.63. The Balaban J connectivity index is 4.08. The Hall–Kier alpha value is -4.57. The Morgan fingerprint density at radius 3 is 0.920 bits per heavy atom. The van der Waals surface area contributed by atoms with Gasteiger partial charge in [-0.25, -0.2) is 0 Å². The maximum Gasteiger partial charge on any atom is 0.306 e. The number of likely N-dealkylation sites (N-methyl/N-ethyl adjacent to an activating group) is 1. The van der Waals surface area contributed by atoms with E-state index < -0.39 is 24.3 Å². The number of allylic oxidation sites excluding steroid dienone is 22. The summed E-state index contributed by atoms with van der Waals surface area (Å²) >= 11 is 0. The van der Waals surface area contributed by atoms with Crippen LogP contribution in [0, 0.1) is 0 Å². The smallest absolute Gasteiger partial charge is 0.306 e. The molecule has 0 aromatic rings. The molecule has 0 amide bonds. The van der Waals surface area contributed by atoms with Crippen LogP contribution in [0.15, 0.2) is 134 Å². The van der Waals surface area contributed by atoms with Crippen LogP contribution in [-0.4, -0.2) is 82.3 Å². The van der Waals surface area contributed by atoms with Crippen LogP contribution in [0.25, 0.3) is 0 Å². The minimum absolute atomic E-state index is 0.143. The monoisotopic (exact) mass is 1210 g/mol. The van der Waals surface area contributed by atoms with Gasteiger partial charge in [-0.1, -0.05) is 295 Å². The number of quaternary nitrogens is 1. The predicted molar refractivity (Wildman–Crippen MR) is 370 cm³/mol. The third-order valence-electron chi connectivity index (χ3n) is 14.9. The molecule has 0 aliphatic carbocycles. The lowest BCUT2D eigenvalue weighted by atomic mass is 10.0. The molecule has 0 spiro atoms. The van der Waals surface area contributed by atoms with Crippen LogP contribution in [0.1, 0.15) is 284 Å². The molecule has 2 unspecified atom stereocenters. The molecular formula is C78H131NO8. The van der Waals surface area contributed by atoms with E-state index in [0.29, 0.717) is 17.4 Å². The van der Waals surface area contributed by atoms with Crippen molar-refractivity contribution in [3.05, 3.63) is 134 Å². The zero-order valence-electron chi connectivity index (χ0n) is 56.6. The quantitative estimate of drug-likeness (QED) is 0.0195. The highest BCUT2D eigenvalue weighted by Crippen LogP contribution is 2.17. The highest BCUT2D eigenvalue weighted by molar-refractivity contribution is 5.70. The largest absolute Gasteiger partial charge is 0.545 e. The average molecular weight is 1210 g/mol. The van der Waals surface area contributed by atoms with Crippen LogP contribution in [0.5, 0.6) is 0 Å². The van der Waals surface area contributed by atoms with Crippen LogP contribution in [0.3, 0.4) is 0 Å². The third-order valence-corrected chi connectivity index (χ3v) is 14.9. The number of hydrogen-bond donors (Lipinski definition) is 0. The first kappa shape index (κ1) is 82.4. The molecule has 0 saturated heterocycles. The summed E-state index contributed by atoms with van der Waals surface area (Å²) in [4.78, 5) is 37.5. The van der Waals surface area contributed by atoms with Gasteiger partial charge in [0.25, 0.3) is 0 Å². The third kappa shape index (κ3) is 68.8. The molecule has 0 N–H and O–H groups in total. The van der Waals surface area contributed by atoms with Crippen molar-refractivity contribution < 1.29 is 42.9 Å². The van der Waals surface area contributed by atoms with Crippen molar-refractivity contribution in [3.63, 3.8) is 0 Å². The SMILES string of the molecule is CC/C=C\C/C=C\C/C=C\C/C=C\C/C=C\C/C=C\C/C=C\CCCCCCCCCCCCCCCCCCCC(=O)OC(COC(=O)CCCCCCCCCCCC/C=C\C/C=C\C/C=C\C/C=C\CC)COC(OCC[N+](C)(C)C)C(=O)[O-]. The van der Waals surface area contributed by atoms with E-state index in [1.54, 1.807) is 0 Å². The number of hydrogen-bond acceptors (Lipinski definition) is 8. The van der Waals surface area contributed by atoms with Crippen LogP contribution in [0.4, 0.5) is 0 Å². The molecule has 9 nitrogen and oxygen atoms in total. The van der Waals surface area contributed by atoms with Crippen LogP contribution in [-0.2, 0) is 33.3 Å². The van der Waals surface area contributed by atoms with Crippen molar-refractivity contribution in [3.8, 4) is 0 Å². The molecule has 0 aliphatic heterocycles. The summed E-state index contributed by atoms with van der Waals surface area (Å²) in [5, 5.41) is 11.8.